The third-order valence-corrected chi connectivity index (χ3v) is 3.37. The first-order valence-corrected chi connectivity index (χ1v) is 6.54. The average Bonchev–Trinajstić information content (AvgIpc) is 2.81. The Hall–Kier alpha value is -1.85. The van der Waals surface area contributed by atoms with Crippen molar-refractivity contribution in [3.8, 4) is 0 Å². The highest BCUT2D eigenvalue weighted by molar-refractivity contribution is 5.87. The van der Waals surface area contributed by atoms with Crippen molar-refractivity contribution in [2.45, 2.75) is 39.9 Å². The maximum absolute atomic E-state index is 12.5. The Bertz CT molecular complexity index is 481. The molecule has 1 aliphatic rings. The third kappa shape index (κ3) is 2.94. The second kappa shape index (κ2) is 5.42. The number of carbonyl (C=O) groups excluding carboxylic acids is 2. The molecular weight excluding hydrogens is 244 g/mol. The Morgan fingerprint density at radius 3 is 2.74 bits per heavy atom. The van der Waals surface area contributed by atoms with E-state index in [1.54, 1.807) is 17.4 Å². The number of fused-ring (bicyclic) bond motifs is 1. The van der Waals surface area contributed by atoms with Gasteiger partial charge in [0.05, 0.1) is 18.6 Å². The molecule has 0 saturated carbocycles. The van der Waals surface area contributed by atoms with E-state index in [2.05, 4.69) is 10.3 Å². The average molecular weight is 264 g/mol. The monoisotopic (exact) mass is 264 g/mol. The number of nitrogens with zero attached hydrogens (tertiary/aromatic N) is 3. The Morgan fingerprint density at radius 1 is 1.37 bits per heavy atom. The number of hydrogen-bond acceptors (Lipinski definition) is 3. The molecule has 1 N–H and O–H groups in total. The van der Waals surface area contributed by atoms with Gasteiger partial charge in [-0.25, -0.2) is 4.98 Å². The summed E-state index contributed by atoms with van der Waals surface area (Å²) in [6, 6.07) is -0.452. The van der Waals surface area contributed by atoms with Gasteiger partial charge in [0.2, 0.25) is 11.8 Å². The third-order valence-electron chi connectivity index (χ3n) is 3.37. The van der Waals surface area contributed by atoms with Gasteiger partial charge in [-0.15, -0.1) is 0 Å². The highest BCUT2D eigenvalue weighted by Gasteiger charge is 2.29. The van der Waals surface area contributed by atoms with E-state index in [1.807, 2.05) is 18.4 Å². The SMILES string of the molecule is CC(=O)N[C@@H](C(=O)N1CCn2cncc2C1)C(C)C. The maximum Gasteiger partial charge on any atom is 0.245 e. The Balaban J connectivity index is 2.08. The van der Waals surface area contributed by atoms with E-state index in [9.17, 15) is 9.59 Å². The van der Waals surface area contributed by atoms with E-state index >= 15 is 0 Å². The second-order valence-electron chi connectivity index (χ2n) is 5.26. The van der Waals surface area contributed by atoms with Gasteiger partial charge >= 0.3 is 0 Å². The molecule has 104 valence electrons. The number of carbonyl (C=O) groups is 2. The van der Waals surface area contributed by atoms with Crippen molar-refractivity contribution in [1.29, 1.82) is 0 Å². The van der Waals surface area contributed by atoms with Gasteiger partial charge in [-0.1, -0.05) is 13.8 Å². The number of hydrogen-bond donors (Lipinski definition) is 1. The van der Waals surface area contributed by atoms with Gasteiger partial charge in [0.25, 0.3) is 0 Å². The van der Waals surface area contributed by atoms with Crippen molar-refractivity contribution in [2.24, 2.45) is 5.92 Å². The van der Waals surface area contributed by atoms with Crippen LogP contribution in [-0.2, 0) is 22.7 Å². The zero-order chi connectivity index (χ0) is 14.0. The van der Waals surface area contributed by atoms with E-state index in [1.165, 1.54) is 6.92 Å². The van der Waals surface area contributed by atoms with Gasteiger partial charge in [-0.05, 0) is 5.92 Å². The molecule has 1 atom stereocenters. The largest absolute Gasteiger partial charge is 0.344 e. The molecule has 0 unspecified atom stereocenters. The van der Waals surface area contributed by atoms with Crippen molar-refractivity contribution in [2.75, 3.05) is 6.54 Å². The molecule has 0 radical (unpaired) electrons. The van der Waals surface area contributed by atoms with Gasteiger partial charge in [-0.2, -0.15) is 0 Å². The molecule has 2 rings (SSSR count). The molecule has 1 aliphatic heterocycles. The molecule has 1 aromatic rings. The lowest BCUT2D eigenvalue weighted by Crippen LogP contribution is -2.52. The van der Waals surface area contributed by atoms with Crippen LogP contribution in [0.2, 0.25) is 0 Å². The van der Waals surface area contributed by atoms with Gasteiger partial charge < -0.3 is 14.8 Å². The minimum atomic E-state index is -0.452. The summed E-state index contributed by atoms with van der Waals surface area (Å²) in [5, 5.41) is 2.74. The van der Waals surface area contributed by atoms with E-state index < -0.39 is 6.04 Å². The van der Waals surface area contributed by atoms with Crippen LogP contribution in [0.4, 0.5) is 0 Å². The first kappa shape index (κ1) is 13.6. The Kier molecular flexibility index (Phi) is 3.87. The minimum Gasteiger partial charge on any atom is -0.344 e. The van der Waals surface area contributed by atoms with Gasteiger partial charge in [0.1, 0.15) is 6.04 Å². The smallest absolute Gasteiger partial charge is 0.245 e. The number of imidazole rings is 1. The maximum atomic E-state index is 12.5. The van der Waals surface area contributed by atoms with Crippen LogP contribution in [0, 0.1) is 5.92 Å². The van der Waals surface area contributed by atoms with Gasteiger partial charge in [0, 0.05) is 26.2 Å². The summed E-state index contributed by atoms with van der Waals surface area (Å²) in [6.45, 7) is 7.28. The lowest BCUT2D eigenvalue weighted by Gasteiger charge is -2.32. The molecule has 19 heavy (non-hydrogen) atoms. The Labute approximate surface area is 112 Å². The summed E-state index contributed by atoms with van der Waals surface area (Å²) in [5.41, 5.74) is 1.03. The van der Waals surface area contributed by atoms with Gasteiger partial charge in [-0.3, -0.25) is 9.59 Å². The van der Waals surface area contributed by atoms with Gasteiger partial charge in [0.15, 0.2) is 0 Å². The van der Waals surface area contributed by atoms with Crippen LogP contribution in [0.25, 0.3) is 0 Å². The zero-order valence-electron chi connectivity index (χ0n) is 11.6. The first-order chi connectivity index (χ1) is 8.99. The molecular formula is C13H20N4O2. The van der Waals surface area contributed by atoms with Crippen LogP contribution in [0.1, 0.15) is 26.5 Å². The highest BCUT2D eigenvalue weighted by Crippen LogP contribution is 2.14. The normalized spacial score (nSPS) is 16.1. The van der Waals surface area contributed by atoms with Crippen LogP contribution in [-0.4, -0.2) is 38.9 Å². The van der Waals surface area contributed by atoms with E-state index in [0.29, 0.717) is 13.1 Å². The zero-order valence-corrected chi connectivity index (χ0v) is 11.6. The molecule has 1 aromatic heterocycles. The predicted molar refractivity (Wildman–Crippen MR) is 70.1 cm³/mol. The van der Waals surface area contributed by atoms with Crippen molar-refractivity contribution >= 4 is 11.8 Å². The van der Waals surface area contributed by atoms with Crippen LogP contribution >= 0.6 is 0 Å². The number of amides is 2. The summed E-state index contributed by atoms with van der Waals surface area (Å²) in [6.07, 6.45) is 3.56. The summed E-state index contributed by atoms with van der Waals surface area (Å²) < 4.78 is 2.05. The van der Waals surface area contributed by atoms with Crippen LogP contribution in [0.5, 0.6) is 0 Å². The van der Waals surface area contributed by atoms with Crippen molar-refractivity contribution in [3.05, 3.63) is 18.2 Å². The fraction of sp³-hybridized carbons (Fsp3) is 0.615. The van der Waals surface area contributed by atoms with Crippen molar-refractivity contribution in [1.82, 2.24) is 19.8 Å². The van der Waals surface area contributed by atoms with Crippen LogP contribution in [0.3, 0.4) is 0 Å². The van der Waals surface area contributed by atoms with Crippen LogP contribution < -0.4 is 5.32 Å². The van der Waals surface area contributed by atoms with E-state index in [0.717, 1.165) is 12.2 Å². The van der Waals surface area contributed by atoms with Crippen molar-refractivity contribution in [3.63, 3.8) is 0 Å². The minimum absolute atomic E-state index is 0.0161. The topological polar surface area (TPSA) is 67.2 Å². The Morgan fingerprint density at radius 2 is 2.11 bits per heavy atom. The van der Waals surface area contributed by atoms with Crippen molar-refractivity contribution < 1.29 is 9.59 Å². The predicted octanol–water partition coefficient (Wildman–Crippen LogP) is 0.386. The lowest BCUT2D eigenvalue weighted by atomic mass is 10.0. The molecule has 0 fully saturated rings. The molecule has 2 amide bonds. The summed E-state index contributed by atoms with van der Waals surface area (Å²) in [5.74, 6) is -0.116. The number of aromatic nitrogens is 2. The summed E-state index contributed by atoms with van der Waals surface area (Å²) >= 11 is 0. The molecule has 6 nitrogen and oxygen atoms in total. The fourth-order valence-corrected chi connectivity index (χ4v) is 2.30. The second-order valence-corrected chi connectivity index (χ2v) is 5.26. The standard InChI is InChI=1S/C13H20N4O2/c1-9(2)12(15-10(3)18)13(19)16-4-5-17-8-14-6-11(17)7-16/h6,8-9,12H,4-5,7H2,1-3H3,(H,15,18)/t12-/m1/s1. The number of rotatable bonds is 3. The molecule has 6 heteroatoms. The van der Waals surface area contributed by atoms with E-state index in [-0.39, 0.29) is 17.7 Å². The first-order valence-electron chi connectivity index (χ1n) is 6.54. The molecule has 0 saturated heterocycles. The molecule has 0 aromatic carbocycles. The fourth-order valence-electron chi connectivity index (χ4n) is 2.30. The molecule has 0 aliphatic carbocycles. The summed E-state index contributed by atoms with van der Waals surface area (Å²) in [7, 11) is 0. The highest BCUT2D eigenvalue weighted by atomic mass is 16.2. The molecule has 2 heterocycles. The molecule has 0 spiro atoms. The summed E-state index contributed by atoms with van der Waals surface area (Å²) in [4.78, 5) is 29.6. The lowest BCUT2D eigenvalue weighted by molar-refractivity contribution is -0.138. The molecule has 0 bridgehead atoms. The van der Waals surface area contributed by atoms with Crippen LogP contribution in [0.15, 0.2) is 12.5 Å². The van der Waals surface area contributed by atoms with E-state index in [4.69, 9.17) is 0 Å². The number of nitrogens with one attached hydrogen (secondary N) is 1. The quantitative estimate of drug-likeness (QED) is 0.858.